The number of hydrogen-bond donors (Lipinski definition) is 1. The van der Waals surface area contributed by atoms with Gasteiger partial charge in [0.2, 0.25) is 5.91 Å². The standard InChI is InChI=1S/C8H8BrN3O/c9-6-3-11-7(4-10-6)12-8(13)5-1-2-5/h3-5H,1-2H2,(H,11,12,13). The van der Waals surface area contributed by atoms with E-state index in [0.29, 0.717) is 10.4 Å². The predicted octanol–water partition coefficient (Wildman–Crippen LogP) is 1.59. The summed E-state index contributed by atoms with van der Waals surface area (Å²) in [7, 11) is 0. The first kappa shape index (κ1) is 8.62. The number of nitrogens with zero attached hydrogens (tertiary/aromatic N) is 2. The number of amides is 1. The molecule has 0 aliphatic heterocycles. The van der Waals surface area contributed by atoms with Gasteiger partial charge < -0.3 is 5.32 Å². The van der Waals surface area contributed by atoms with Crippen LogP contribution in [-0.2, 0) is 4.79 Å². The molecule has 1 amide bonds. The van der Waals surface area contributed by atoms with Crippen molar-refractivity contribution in [2.24, 2.45) is 5.92 Å². The van der Waals surface area contributed by atoms with E-state index in [9.17, 15) is 4.79 Å². The second-order valence-electron chi connectivity index (χ2n) is 2.99. The molecule has 0 saturated heterocycles. The van der Waals surface area contributed by atoms with Crippen LogP contribution in [0.5, 0.6) is 0 Å². The molecule has 0 spiro atoms. The van der Waals surface area contributed by atoms with Crippen LogP contribution in [0.3, 0.4) is 0 Å². The highest BCUT2D eigenvalue weighted by atomic mass is 79.9. The highest BCUT2D eigenvalue weighted by molar-refractivity contribution is 9.10. The third kappa shape index (κ3) is 2.24. The Bertz CT molecular complexity index is 321. The van der Waals surface area contributed by atoms with Crippen molar-refractivity contribution in [3.63, 3.8) is 0 Å². The minimum atomic E-state index is 0.0524. The summed E-state index contributed by atoms with van der Waals surface area (Å²) in [4.78, 5) is 19.2. The quantitative estimate of drug-likeness (QED) is 0.856. The number of aromatic nitrogens is 2. The van der Waals surface area contributed by atoms with Crippen LogP contribution in [0.25, 0.3) is 0 Å². The molecule has 5 heteroatoms. The second kappa shape index (κ2) is 3.41. The zero-order chi connectivity index (χ0) is 9.26. The lowest BCUT2D eigenvalue weighted by atomic mass is 10.4. The molecule has 0 unspecified atom stereocenters. The molecule has 0 aromatic carbocycles. The molecule has 4 nitrogen and oxygen atoms in total. The molecule has 1 saturated carbocycles. The molecule has 1 aromatic heterocycles. The van der Waals surface area contributed by atoms with Crippen LogP contribution in [-0.4, -0.2) is 15.9 Å². The molecule has 0 atom stereocenters. The molecular weight excluding hydrogens is 234 g/mol. The van der Waals surface area contributed by atoms with E-state index in [1.54, 1.807) is 6.20 Å². The van der Waals surface area contributed by atoms with Crippen molar-refractivity contribution < 1.29 is 4.79 Å². The fourth-order valence-electron chi connectivity index (χ4n) is 0.951. The summed E-state index contributed by atoms with van der Waals surface area (Å²) in [6.45, 7) is 0. The zero-order valence-corrected chi connectivity index (χ0v) is 8.41. The molecule has 1 heterocycles. The van der Waals surface area contributed by atoms with Crippen molar-refractivity contribution >= 4 is 27.7 Å². The highest BCUT2D eigenvalue weighted by Gasteiger charge is 2.29. The minimum absolute atomic E-state index is 0.0524. The molecule has 1 aliphatic carbocycles. The average molecular weight is 242 g/mol. The number of carbonyl (C=O) groups excluding carboxylic acids is 1. The summed E-state index contributed by atoms with van der Waals surface area (Å²) in [5, 5.41) is 2.70. The van der Waals surface area contributed by atoms with Gasteiger partial charge in [-0.05, 0) is 28.8 Å². The van der Waals surface area contributed by atoms with Crippen LogP contribution < -0.4 is 5.32 Å². The molecule has 0 bridgehead atoms. The lowest BCUT2D eigenvalue weighted by Crippen LogP contribution is -2.14. The average Bonchev–Trinajstić information content (AvgIpc) is 2.91. The van der Waals surface area contributed by atoms with Crippen molar-refractivity contribution in [1.82, 2.24) is 9.97 Å². The fourth-order valence-corrected chi connectivity index (χ4v) is 1.16. The Kier molecular flexibility index (Phi) is 2.26. The Balaban J connectivity index is 2.00. The maximum atomic E-state index is 11.3. The summed E-state index contributed by atoms with van der Waals surface area (Å²) in [5.74, 6) is 0.766. The van der Waals surface area contributed by atoms with Crippen LogP contribution in [0, 0.1) is 5.92 Å². The molecular formula is C8H8BrN3O. The molecule has 68 valence electrons. The maximum absolute atomic E-state index is 11.3. The Hall–Kier alpha value is -0.970. The van der Waals surface area contributed by atoms with Crippen LogP contribution in [0.1, 0.15) is 12.8 Å². The number of nitrogens with one attached hydrogen (secondary N) is 1. The van der Waals surface area contributed by atoms with E-state index in [1.165, 1.54) is 6.20 Å². The third-order valence-corrected chi connectivity index (χ3v) is 2.23. The molecule has 1 aliphatic rings. The van der Waals surface area contributed by atoms with Crippen molar-refractivity contribution in [2.75, 3.05) is 5.32 Å². The summed E-state index contributed by atoms with van der Waals surface area (Å²) in [5.41, 5.74) is 0. The van der Waals surface area contributed by atoms with Gasteiger partial charge in [0.05, 0.1) is 12.4 Å². The van der Waals surface area contributed by atoms with Gasteiger partial charge in [0, 0.05) is 5.92 Å². The number of anilines is 1. The lowest BCUT2D eigenvalue weighted by molar-refractivity contribution is -0.117. The Labute approximate surface area is 83.9 Å². The summed E-state index contributed by atoms with van der Waals surface area (Å²) >= 11 is 3.17. The Morgan fingerprint density at radius 1 is 1.46 bits per heavy atom. The van der Waals surface area contributed by atoms with E-state index in [1.807, 2.05) is 0 Å². The molecule has 1 fully saturated rings. The second-order valence-corrected chi connectivity index (χ2v) is 3.80. The monoisotopic (exact) mass is 241 g/mol. The maximum Gasteiger partial charge on any atom is 0.228 e. The van der Waals surface area contributed by atoms with Gasteiger partial charge in [0.15, 0.2) is 5.82 Å². The summed E-state index contributed by atoms with van der Waals surface area (Å²) < 4.78 is 0.664. The van der Waals surface area contributed by atoms with Crippen LogP contribution in [0.15, 0.2) is 17.0 Å². The minimum Gasteiger partial charge on any atom is -0.309 e. The number of carbonyl (C=O) groups is 1. The molecule has 13 heavy (non-hydrogen) atoms. The van der Waals surface area contributed by atoms with E-state index in [2.05, 4.69) is 31.2 Å². The lowest BCUT2D eigenvalue weighted by Gasteiger charge is -2.01. The third-order valence-electron chi connectivity index (χ3n) is 1.82. The first-order valence-corrected chi connectivity index (χ1v) is 4.83. The van der Waals surface area contributed by atoms with E-state index < -0.39 is 0 Å². The van der Waals surface area contributed by atoms with Gasteiger partial charge in [-0.3, -0.25) is 4.79 Å². The number of hydrogen-bond acceptors (Lipinski definition) is 3. The van der Waals surface area contributed by atoms with Gasteiger partial charge in [-0.25, -0.2) is 9.97 Å². The molecule has 0 radical (unpaired) electrons. The van der Waals surface area contributed by atoms with Gasteiger partial charge >= 0.3 is 0 Å². The first-order valence-electron chi connectivity index (χ1n) is 4.04. The van der Waals surface area contributed by atoms with Gasteiger partial charge in [-0.15, -0.1) is 0 Å². The largest absolute Gasteiger partial charge is 0.309 e. The van der Waals surface area contributed by atoms with Crippen LogP contribution in [0.4, 0.5) is 5.82 Å². The Morgan fingerprint density at radius 3 is 2.77 bits per heavy atom. The van der Waals surface area contributed by atoms with Crippen molar-refractivity contribution in [3.8, 4) is 0 Å². The van der Waals surface area contributed by atoms with E-state index in [4.69, 9.17) is 0 Å². The van der Waals surface area contributed by atoms with Crippen LogP contribution in [0.2, 0.25) is 0 Å². The predicted molar refractivity (Wildman–Crippen MR) is 51.1 cm³/mol. The van der Waals surface area contributed by atoms with E-state index >= 15 is 0 Å². The number of rotatable bonds is 2. The Morgan fingerprint density at radius 2 is 2.23 bits per heavy atom. The molecule has 1 N–H and O–H groups in total. The van der Waals surface area contributed by atoms with E-state index in [-0.39, 0.29) is 11.8 Å². The van der Waals surface area contributed by atoms with Gasteiger partial charge in [0.1, 0.15) is 4.60 Å². The van der Waals surface area contributed by atoms with Gasteiger partial charge in [-0.2, -0.15) is 0 Å². The van der Waals surface area contributed by atoms with Crippen molar-refractivity contribution in [1.29, 1.82) is 0 Å². The highest BCUT2D eigenvalue weighted by Crippen LogP contribution is 2.29. The smallest absolute Gasteiger partial charge is 0.228 e. The van der Waals surface area contributed by atoms with Gasteiger partial charge in [-0.1, -0.05) is 0 Å². The fraction of sp³-hybridized carbons (Fsp3) is 0.375. The number of halogens is 1. The summed E-state index contributed by atoms with van der Waals surface area (Å²) in [6.07, 6.45) is 5.08. The summed E-state index contributed by atoms with van der Waals surface area (Å²) in [6, 6.07) is 0. The molecule has 2 rings (SSSR count). The van der Waals surface area contributed by atoms with Crippen molar-refractivity contribution in [2.45, 2.75) is 12.8 Å². The normalized spacial score (nSPS) is 15.5. The van der Waals surface area contributed by atoms with E-state index in [0.717, 1.165) is 12.8 Å². The SMILES string of the molecule is O=C(Nc1cnc(Br)cn1)C1CC1. The van der Waals surface area contributed by atoms with Crippen molar-refractivity contribution in [3.05, 3.63) is 17.0 Å². The van der Waals surface area contributed by atoms with Gasteiger partial charge in [0.25, 0.3) is 0 Å². The topological polar surface area (TPSA) is 54.9 Å². The molecule has 1 aromatic rings. The van der Waals surface area contributed by atoms with Crippen LogP contribution >= 0.6 is 15.9 Å². The first-order chi connectivity index (χ1) is 6.25. The zero-order valence-electron chi connectivity index (χ0n) is 6.83.